The maximum Gasteiger partial charge on any atom is 0.289 e. The van der Waals surface area contributed by atoms with Gasteiger partial charge in [-0.05, 0) is 49.4 Å². The first-order chi connectivity index (χ1) is 18.2. The molecule has 1 aliphatic heterocycles. The second kappa shape index (κ2) is 12.3. The second-order valence-electron chi connectivity index (χ2n) is 9.86. The second-order valence-corrected chi connectivity index (χ2v) is 10.2. The van der Waals surface area contributed by atoms with Crippen molar-refractivity contribution in [2.45, 2.75) is 58.7 Å². The van der Waals surface area contributed by atoms with E-state index in [0.29, 0.717) is 44.1 Å². The van der Waals surface area contributed by atoms with E-state index in [0.717, 1.165) is 5.56 Å². The van der Waals surface area contributed by atoms with Crippen LogP contribution in [0.5, 0.6) is 0 Å². The lowest BCUT2D eigenvalue weighted by Gasteiger charge is -2.25. The molecule has 1 aliphatic rings. The monoisotopic (exact) mass is 540 g/mol. The Balaban J connectivity index is 1.67. The van der Waals surface area contributed by atoms with E-state index in [4.69, 9.17) is 26.1 Å². The van der Waals surface area contributed by atoms with Gasteiger partial charge in [0.15, 0.2) is 16.8 Å². The zero-order chi connectivity index (χ0) is 27.2. The molecule has 0 spiro atoms. The molecule has 0 saturated carbocycles. The summed E-state index contributed by atoms with van der Waals surface area (Å²) in [6, 6.07) is 11.4. The number of carbonyl (C=O) groups excluding carboxylic acids is 3. The molecule has 2 atom stereocenters. The third-order valence-electron chi connectivity index (χ3n) is 6.32. The number of benzene rings is 1. The molecular weight excluding hydrogens is 508 g/mol. The number of rotatable bonds is 4. The number of nitrogens with one attached hydrogen (secondary N) is 2. The van der Waals surface area contributed by atoms with Crippen LogP contribution in [0.15, 0.2) is 46.9 Å². The lowest BCUT2D eigenvalue weighted by molar-refractivity contribution is -0.129. The maximum atomic E-state index is 13.2. The van der Waals surface area contributed by atoms with Crippen molar-refractivity contribution in [2.75, 3.05) is 13.1 Å². The summed E-state index contributed by atoms with van der Waals surface area (Å²) in [5, 5.41) is 10.7. The lowest BCUT2D eigenvalue weighted by Crippen LogP contribution is -2.48. The van der Waals surface area contributed by atoms with E-state index in [1.54, 1.807) is 9.58 Å². The van der Waals surface area contributed by atoms with Crippen LogP contribution in [0.25, 0.3) is 11.4 Å². The highest BCUT2D eigenvalue weighted by Gasteiger charge is 2.27. The van der Waals surface area contributed by atoms with E-state index in [9.17, 15) is 14.4 Å². The van der Waals surface area contributed by atoms with E-state index >= 15 is 0 Å². The zero-order valence-electron chi connectivity index (χ0n) is 21.8. The van der Waals surface area contributed by atoms with Crippen LogP contribution in [0.3, 0.4) is 0 Å². The van der Waals surface area contributed by atoms with Crippen LogP contribution in [0, 0.1) is 5.92 Å². The van der Waals surface area contributed by atoms with Gasteiger partial charge in [-0.15, -0.1) is 0 Å². The highest BCUT2D eigenvalue weighted by atomic mass is 35.5. The first-order valence-electron chi connectivity index (χ1n) is 12.9. The molecule has 10 nitrogen and oxygen atoms in total. The molecule has 202 valence electrons. The molecule has 11 heteroatoms. The van der Waals surface area contributed by atoms with Gasteiger partial charge in [-0.2, -0.15) is 5.10 Å². The zero-order valence-corrected chi connectivity index (χ0v) is 22.6. The summed E-state index contributed by atoms with van der Waals surface area (Å²) >= 11 is 5.90. The fraction of sp³-hybridized carbons (Fsp3) is 0.444. The van der Waals surface area contributed by atoms with Crippen molar-refractivity contribution in [3.63, 3.8) is 0 Å². The molecule has 2 N–H and O–H groups in total. The average molecular weight is 541 g/mol. The number of hydrogen-bond donors (Lipinski definition) is 2. The van der Waals surface area contributed by atoms with Crippen LogP contribution in [0.1, 0.15) is 62.5 Å². The summed E-state index contributed by atoms with van der Waals surface area (Å²) < 4.78 is 7.08. The van der Waals surface area contributed by atoms with Gasteiger partial charge < -0.3 is 20.0 Å². The first kappa shape index (κ1) is 27.4. The molecule has 3 heterocycles. The molecule has 4 rings (SSSR count). The number of fused-ring (bicyclic) bond motifs is 1. The third-order valence-corrected chi connectivity index (χ3v) is 6.53. The standard InChI is InChI=1S/C27H33ClN6O4/c1-17(2)16-20-26(36)29-18(3)25-31-24(19-8-5-4-6-9-19)32-34(25)15-14-33(13-7-10-23(35)30-20)27(37)21-11-12-22(28)38-21/h4-6,8-9,11-12,17-18,20H,7,10,13-16H2,1-3H3,(H,29,36)(H,30,35)/t18-,20-/m1/s1. The first-order valence-corrected chi connectivity index (χ1v) is 13.2. The van der Waals surface area contributed by atoms with Gasteiger partial charge in [0.1, 0.15) is 11.9 Å². The van der Waals surface area contributed by atoms with E-state index in [1.807, 2.05) is 51.1 Å². The van der Waals surface area contributed by atoms with Gasteiger partial charge in [-0.1, -0.05) is 44.2 Å². The minimum Gasteiger partial charge on any atom is -0.440 e. The van der Waals surface area contributed by atoms with Gasteiger partial charge in [0.05, 0.1) is 12.6 Å². The molecule has 0 saturated heterocycles. The third kappa shape index (κ3) is 6.80. The molecule has 1 aromatic carbocycles. The lowest BCUT2D eigenvalue weighted by atomic mass is 10.0. The molecule has 0 aliphatic carbocycles. The SMILES string of the molecule is CC(C)C[C@H]1NC(=O)CCCN(C(=O)c2ccc(Cl)o2)CCn2nc(-c3ccccc3)nc2[C@@H](C)NC1=O. The van der Waals surface area contributed by atoms with Crippen molar-refractivity contribution in [1.29, 1.82) is 0 Å². The molecule has 38 heavy (non-hydrogen) atoms. The fourth-order valence-corrected chi connectivity index (χ4v) is 4.59. The smallest absolute Gasteiger partial charge is 0.289 e. The molecule has 0 fully saturated rings. The number of aromatic nitrogens is 3. The molecular formula is C27H33ClN6O4. The molecule has 3 aromatic rings. The van der Waals surface area contributed by atoms with Crippen molar-refractivity contribution in [1.82, 2.24) is 30.3 Å². The van der Waals surface area contributed by atoms with Gasteiger partial charge in [-0.25, -0.2) is 9.67 Å². The summed E-state index contributed by atoms with van der Waals surface area (Å²) in [6.45, 7) is 6.78. The van der Waals surface area contributed by atoms with E-state index in [1.165, 1.54) is 12.1 Å². The summed E-state index contributed by atoms with van der Waals surface area (Å²) in [5.41, 5.74) is 0.840. The van der Waals surface area contributed by atoms with Crippen LogP contribution >= 0.6 is 11.6 Å². The quantitative estimate of drug-likeness (QED) is 0.518. The number of hydrogen-bond acceptors (Lipinski definition) is 6. The number of furan rings is 1. The Morgan fingerprint density at radius 3 is 2.55 bits per heavy atom. The van der Waals surface area contributed by atoms with Crippen LogP contribution in [0.2, 0.25) is 5.22 Å². The van der Waals surface area contributed by atoms with Crippen molar-refractivity contribution < 1.29 is 18.8 Å². The topological polar surface area (TPSA) is 122 Å². The van der Waals surface area contributed by atoms with Crippen LogP contribution in [0.4, 0.5) is 0 Å². The minimum atomic E-state index is -0.680. The number of halogens is 1. The van der Waals surface area contributed by atoms with Gasteiger partial charge in [0.25, 0.3) is 5.91 Å². The number of amides is 3. The highest BCUT2D eigenvalue weighted by molar-refractivity contribution is 6.29. The van der Waals surface area contributed by atoms with E-state index in [-0.39, 0.29) is 41.0 Å². The molecule has 0 bridgehead atoms. The Morgan fingerprint density at radius 1 is 1.11 bits per heavy atom. The summed E-state index contributed by atoms with van der Waals surface area (Å²) in [6.07, 6.45) is 1.08. The van der Waals surface area contributed by atoms with Crippen molar-refractivity contribution >= 4 is 29.3 Å². The summed E-state index contributed by atoms with van der Waals surface area (Å²) in [7, 11) is 0. The minimum absolute atomic E-state index is 0.127. The summed E-state index contributed by atoms with van der Waals surface area (Å²) in [5.74, 6) is 0.570. The Kier molecular flexibility index (Phi) is 8.83. The number of nitrogens with zero attached hydrogens (tertiary/aromatic N) is 4. The predicted octanol–water partition coefficient (Wildman–Crippen LogP) is 3.84. The molecule has 0 unspecified atom stereocenters. The highest BCUT2D eigenvalue weighted by Crippen LogP contribution is 2.21. The van der Waals surface area contributed by atoms with Gasteiger partial charge >= 0.3 is 0 Å². The molecule has 3 amide bonds. The van der Waals surface area contributed by atoms with Crippen molar-refractivity contribution in [3.8, 4) is 11.4 Å². The van der Waals surface area contributed by atoms with Crippen LogP contribution in [-0.2, 0) is 16.1 Å². The van der Waals surface area contributed by atoms with Crippen LogP contribution < -0.4 is 10.6 Å². The average Bonchev–Trinajstić information content (AvgIpc) is 3.51. The fourth-order valence-electron chi connectivity index (χ4n) is 4.44. The Labute approximate surface area is 226 Å². The van der Waals surface area contributed by atoms with Gasteiger partial charge in [0.2, 0.25) is 11.8 Å². The van der Waals surface area contributed by atoms with Crippen LogP contribution in [-0.4, -0.2) is 56.5 Å². The largest absolute Gasteiger partial charge is 0.440 e. The molecule has 2 aromatic heterocycles. The number of carbonyl (C=O) groups is 3. The maximum absolute atomic E-state index is 13.2. The van der Waals surface area contributed by atoms with E-state index in [2.05, 4.69) is 10.6 Å². The Morgan fingerprint density at radius 2 is 1.87 bits per heavy atom. The van der Waals surface area contributed by atoms with E-state index < -0.39 is 12.1 Å². The predicted molar refractivity (Wildman–Crippen MR) is 142 cm³/mol. The normalized spacial score (nSPS) is 19.4. The van der Waals surface area contributed by atoms with Crippen molar-refractivity contribution in [3.05, 3.63) is 59.3 Å². The molecule has 0 radical (unpaired) electrons. The van der Waals surface area contributed by atoms with Crippen molar-refractivity contribution in [2.24, 2.45) is 5.92 Å². The summed E-state index contributed by atoms with van der Waals surface area (Å²) in [4.78, 5) is 45.5. The van der Waals surface area contributed by atoms with Gasteiger partial charge in [-0.3, -0.25) is 14.4 Å². The Bertz CT molecular complexity index is 1270. The van der Waals surface area contributed by atoms with Gasteiger partial charge in [0, 0.05) is 25.1 Å². The Hall–Kier alpha value is -3.66.